The number of rotatable bonds is 1. The Morgan fingerprint density at radius 3 is 2.60 bits per heavy atom. The molecular weight excluding hydrogens is 184 g/mol. The summed E-state index contributed by atoms with van der Waals surface area (Å²) in [4.78, 5) is 12.0. The average Bonchev–Trinajstić information content (AvgIpc) is 2.83. The molecule has 3 aliphatic rings. The van der Waals surface area contributed by atoms with Gasteiger partial charge in [-0.25, -0.2) is 0 Å². The maximum atomic E-state index is 12.0. The quantitative estimate of drug-likeness (QED) is 0.642. The molecule has 1 nitrogen and oxygen atoms in total. The first-order valence-electron chi connectivity index (χ1n) is 6.76. The van der Waals surface area contributed by atoms with Gasteiger partial charge < -0.3 is 0 Å². The van der Waals surface area contributed by atoms with Crippen molar-refractivity contribution in [1.82, 2.24) is 0 Å². The Morgan fingerprint density at radius 2 is 1.93 bits per heavy atom. The Bertz CT molecular complexity index is 271. The van der Waals surface area contributed by atoms with E-state index in [4.69, 9.17) is 0 Å². The van der Waals surface area contributed by atoms with Crippen LogP contribution in [0, 0.1) is 29.6 Å². The van der Waals surface area contributed by atoms with E-state index in [1.54, 1.807) is 0 Å². The van der Waals surface area contributed by atoms with Gasteiger partial charge >= 0.3 is 0 Å². The summed E-state index contributed by atoms with van der Waals surface area (Å²) in [5.74, 6) is 4.57. The third-order valence-electron chi connectivity index (χ3n) is 5.26. The van der Waals surface area contributed by atoms with Crippen LogP contribution >= 0.6 is 0 Å². The summed E-state index contributed by atoms with van der Waals surface area (Å²) in [6.07, 6.45) is 8.93. The van der Waals surface area contributed by atoms with E-state index in [1.807, 2.05) is 0 Å². The number of fused-ring (bicyclic) bond motifs is 2. The summed E-state index contributed by atoms with van der Waals surface area (Å²) >= 11 is 0. The number of carbonyl (C=O) groups excluding carboxylic acids is 1. The number of hydrogen-bond acceptors (Lipinski definition) is 1. The van der Waals surface area contributed by atoms with E-state index in [0.717, 1.165) is 36.5 Å². The van der Waals surface area contributed by atoms with Gasteiger partial charge in [-0.1, -0.05) is 13.3 Å². The Hall–Kier alpha value is -0.330. The predicted octanol–water partition coefficient (Wildman–Crippen LogP) is 3.43. The zero-order valence-electron chi connectivity index (χ0n) is 9.74. The van der Waals surface area contributed by atoms with E-state index in [-0.39, 0.29) is 0 Å². The maximum Gasteiger partial charge on any atom is 0.136 e. The van der Waals surface area contributed by atoms with E-state index in [9.17, 15) is 4.79 Å². The van der Waals surface area contributed by atoms with Gasteiger partial charge in [0.15, 0.2) is 0 Å². The highest BCUT2D eigenvalue weighted by Crippen LogP contribution is 2.53. The average molecular weight is 206 g/mol. The minimum atomic E-state index is 0.462. The van der Waals surface area contributed by atoms with Crippen molar-refractivity contribution in [2.24, 2.45) is 29.6 Å². The molecule has 15 heavy (non-hydrogen) atoms. The first-order chi connectivity index (χ1) is 7.24. The third kappa shape index (κ3) is 1.64. The van der Waals surface area contributed by atoms with Crippen LogP contribution in [0.15, 0.2) is 0 Å². The molecule has 84 valence electrons. The molecule has 0 radical (unpaired) electrons. The van der Waals surface area contributed by atoms with Gasteiger partial charge in [0.05, 0.1) is 0 Å². The fraction of sp³-hybridized carbons (Fsp3) is 0.929. The van der Waals surface area contributed by atoms with Crippen LogP contribution in [0.25, 0.3) is 0 Å². The topological polar surface area (TPSA) is 17.1 Å². The molecule has 0 heterocycles. The van der Waals surface area contributed by atoms with Crippen LogP contribution in [-0.2, 0) is 4.79 Å². The normalized spacial score (nSPS) is 49.9. The Labute approximate surface area is 92.6 Å². The number of carbonyl (C=O) groups is 1. The molecule has 0 spiro atoms. The monoisotopic (exact) mass is 206 g/mol. The van der Waals surface area contributed by atoms with Crippen molar-refractivity contribution in [2.45, 2.75) is 51.9 Å². The summed E-state index contributed by atoms with van der Waals surface area (Å²) in [5, 5.41) is 0. The standard InChI is InChI=1S/C14H22O/c1-9-2-5-14(15)13(6-9)12-8-10-3-4-11(12)7-10/h9-13H,2-8H2,1H3. The Kier molecular flexibility index (Phi) is 2.37. The van der Waals surface area contributed by atoms with Crippen LogP contribution in [0.1, 0.15) is 51.9 Å². The van der Waals surface area contributed by atoms with E-state index in [2.05, 4.69) is 6.92 Å². The highest BCUT2D eigenvalue weighted by atomic mass is 16.1. The van der Waals surface area contributed by atoms with Crippen molar-refractivity contribution in [2.75, 3.05) is 0 Å². The van der Waals surface area contributed by atoms with Gasteiger partial charge in [-0.15, -0.1) is 0 Å². The van der Waals surface area contributed by atoms with Crippen molar-refractivity contribution >= 4 is 5.78 Å². The molecule has 0 aromatic carbocycles. The second kappa shape index (κ2) is 3.61. The fourth-order valence-electron chi connectivity index (χ4n) is 4.46. The zero-order valence-corrected chi connectivity index (χ0v) is 9.74. The van der Waals surface area contributed by atoms with E-state index in [1.165, 1.54) is 32.1 Å². The van der Waals surface area contributed by atoms with Crippen LogP contribution in [0.2, 0.25) is 0 Å². The summed E-state index contributed by atoms with van der Waals surface area (Å²) in [6, 6.07) is 0. The summed E-state index contributed by atoms with van der Waals surface area (Å²) in [5.41, 5.74) is 0. The SMILES string of the molecule is CC1CCC(=O)C(C2CC3CCC2C3)C1. The molecule has 3 rings (SSSR count). The van der Waals surface area contributed by atoms with Crippen molar-refractivity contribution < 1.29 is 4.79 Å². The lowest BCUT2D eigenvalue weighted by Crippen LogP contribution is -2.32. The lowest BCUT2D eigenvalue weighted by molar-refractivity contribution is -0.128. The lowest BCUT2D eigenvalue weighted by atomic mass is 9.69. The van der Waals surface area contributed by atoms with Gasteiger partial charge in [0.1, 0.15) is 5.78 Å². The summed E-state index contributed by atoms with van der Waals surface area (Å²) < 4.78 is 0. The van der Waals surface area contributed by atoms with E-state index < -0.39 is 0 Å². The molecular formula is C14H22O. The van der Waals surface area contributed by atoms with Crippen LogP contribution in [0.4, 0.5) is 0 Å². The molecule has 3 saturated carbocycles. The van der Waals surface area contributed by atoms with Gasteiger partial charge in [0, 0.05) is 12.3 Å². The second-order valence-electron chi connectivity index (χ2n) is 6.29. The van der Waals surface area contributed by atoms with Crippen LogP contribution in [0.5, 0.6) is 0 Å². The first-order valence-corrected chi connectivity index (χ1v) is 6.76. The molecule has 0 saturated heterocycles. The van der Waals surface area contributed by atoms with Gasteiger partial charge in [0.2, 0.25) is 0 Å². The van der Waals surface area contributed by atoms with Gasteiger partial charge in [-0.05, 0) is 55.8 Å². The second-order valence-corrected chi connectivity index (χ2v) is 6.29. The summed E-state index contributed by atoms with van der Waals surface area (Å²) in [7, 11) is 0. The largest absolute Gasteiger partial charge is 0.299 e. The van der Waals surface area contributed by atoms with Crippen molar-refractivity contribution in [3.05, 3.63) is 0 Å². The van der Waals surface area contributed by atoms with E-state index in [0.29, 0.717) is 11.7 Å². The molecule has 1 heteroatoms. The third-order valence-corrected chi connectivity index (χ3v) is 5.26. The van der Waals surface area contributed by atoms with E-state index >= 15 is 0 Å². The molecule has 0 aliphatic heterocycles. The first kappa shape index (κ1) is 9.86. The Balaban J connectivity index is 1.73. The minimum Gasteiger partial charge on any atom is -0.299 e. The number of Topliss-reactive ketones (excluding diaryl/α,β-unsaturated/α-hetero) is 1. The maximum absolute atomic E-state index is 12.0. The molecule has 5 atom stereocenters. The summed E-state index contributed by atoms with van der Waals surface area (Å²) in [6.45, 7) is 2.33. The van der Waals surface area contributed by atoms with Gasteiger partial charge in [0.25, 0.3) is 0 Å². The van der Waals surface area contributed by atoms with Crippen molar-refractivity contribution in [3.63, 3.8) is 0 Å². The highest BCUT2D eigenvalue weighted by Gasteiger charge is 2.45. The van der Waals surface area contributed by atoms with Gasteiger partial charge in [-0.2, -0.15) is 0 Å². The van der Waals surface area contributed by atoms with Crippen molar-refractivity contribution in [1.29, 1.82) is 0 Å². The highest BCUT2D eigenvalue weighted by molar-refractivity contribution is 5.82. The Morgan fingerprint density at radius 1 is 1.07 bits per heavy atom. The fourth-order valence-corrected chi connectivity index (χ4v) is 4.46. The van der Waals surface area contributed by atoms with Crippen LogP contribution in [-0.4, -0.2) is 5.78 Å². The molecule has 3 fully saturated rings. The molecule has 0 aromatic rings. The van der Waals surface area contributed by atoms with Crippen molar-refractivity contribution in [3.8, 4) is 0 Å². The number of ketones is 1. The lowest BCUT2D eigenvalue weighted by Gasteiger charge is -2.34. The minimum absolute atomic E-state index is 0.462. The smallest absolute Gasteiger partial charge is 0.136 e. The van der Waals surface area contributed by atoms with Crippen LogP contribution in [0.3, 0.4) is 0 Å². The molecule has 3 aliphatic carbocycles. The molecule has 5 unspecified atom stereocenters. The van der Waals surface area contributed by atoms with Crippen LogP contribution < -0.4 is 0 Å². The van der Waals surface area contributed by atoms with Gasteiger partial charge in [-0.3, -0.25) is 4.79 Å². The number of hydrogen-bond donors (Lipinski definition) is 0. The molecule has 0 aromatic heterocycles. The molecule has 0 N–H and O–H groups in total. The molecule has 2 bridgehead atoms. The zero-order chi connectivity index (χ0) is 10.4. The molecule has 0 amide bonds. The predicted molar refractivity (Wildman–Crippen MR) is 60.5 cm³/mol.